The van der Waals surface area contributed by atoms with Crippen LogP contribution in [0.25, 0.3) is 0 Å². The minimum Gasteiger partial charge on any atom is -0.402 e. The SMILES string of the molecule is C=C1CN(c2cccc(OC(F)(F)F)c2OC(F)(F)F)CS1. The van der Waals surface area contributed by atoms with E-state index in [2.05, 4.69) is 16.1 Å². The molecule has 3 nitrogen and oxygen atoms in total. The molecule has 0 saturated carbocycles. The second-order valence-electron chi connectivity index (χ2n) is 4.21. The number of benzene rings is 1. The van der Waals surface area contributed by atoms with Crippen molar-refractivity contribution >= 4 is 17.4 Å². The van der Waals surface area contributed by atoms with Crippen molar-refractivity contribution in [1.82, 2.24) is 0 Å². The third-order valence-electron chi connectivity index (χ3n) is 2.53. The number of para-hydroxylation sites is 1. The van der Waals surface area contributed by atoms with Crippen LogP contribution in [0.4, 0.5) is 32.0 Å². The van der Waals surface area contributed by atoms with Gasteiger partial charge in [-0.1, -0.05) is 12.6 Å². The molecule has 0 radical (unpaired) electrons. The van der Waals surface area contributed by atoms with Crippen molar-refractivity contribution in [2.24, 2.45) is 0 Å². The van der Waals surface area contributed by atoms with E-state index in [-0.39, 0.29) is 18.1 Å². The van der Waals surface area contributed by atoms with Crippen molar-refractivity contribution in [2.75, 3.05) is 17.3 Å². The van der Waals surface area contributed by atoms with Crippen molar-refractivity contribution in [1.29, 1.82) is 0 Å². The lowest BCUT2D eigenvalue weighted by molar-refractivity contribution is -0.287. The Morgan fingerprint density at radius 2 is 1.68 bits per heavy atom. The molecule has 122 valence electrons. The molecule has 0 unspecified atom stereocenters. The van der Waals surface area contributed by atoms with Gasteiger partial charge in [-0.05, 0) is 17.0 Å². The lowest BCUT2D eigenvalue weighted by Crippen LogP contribution is -2.24. The molecular formula is C12H9F6NO2S. The van der Waals surface area contributed by atoms with Crippen LogP contribution in [0.15, 0.2) is 29.7 Å². The Morgan fingerprint density at radius 1 is 1.05 bits per heavy atom. The second-order valence-corrected chi connectivity index (χ2v) is 5.33. The third-order valence-corrected chi connectivity index (χ3v) is 3.51. The zero-order valence-corrected chi connectivity index (χ0v) is 11.6. The van der Waals surface area contributed by atoms with Gasteiger partial charge in [0.15, 0.2) is 11.5 Å². The van der Waals surface area contributed by atoms with Gasteiger partial charge in [-0.3, -0.25) is 0 Å². The average molecular weight is 345 g/mol. The fourth-order valence-electron chi connectivity index (χ4n) is 1.80. The topological polar surface area (TPSA) is 21.7 Å². The average Bonchev–Trinajstić information content (AvgIpc) is 2.74. The van der Waals surface area contributed by atoms with Gasteiger partial charge in [0.25, 0.3) is 0 Å². The van der Waals surface area contributed by atoms with Crippen molar-refractivity contribution in [3.63, 3.8) is 0 Å². The summed E-state index contributed by atoms with van der Waals surface area (Å²) in [5, 5.41) is 0. The van der Waals surface area contributed by atoms with Crippen LogP contribution in [0.3, 0.4) is 0 Å². The van der Waals surface area contributed by atoms with Gasteiger partial charge in [-0.2, -0.15) is 0 Å². The highest BCUT2D eigenvalue weighted by atomic mass is 32.2. The molecule has 1 aromatic carbocycles. The number of rotatable bonds is 3. The van der Waals surface area contributed by atoms with Gasteiger partial charge in [0.2, 0.25) is 0 Å². The molecule has 0 bridgehead atoms. The van der Waals surface area contributed by atoms with Crippen molar-refractivity contribution in [2.45, 2.75) is 12.7 Å². The maximum atomic E-state index is 12.5. The standard InChI is InChI=1S/C12H9F6NO2S/c1-7-5-19(6-22-7)8-3-2-4-9(20-11(13,14)15)10(8)21-12(16,17)18/h2-4H,1,5-6H2. The van der Waals surface area contributed by atoms with E-state index in [4.69, 9.17) is 0 Å². The van der Waals surface area contributed by atoms with E-state index in [1.54, 1.807) is 0 Å². The van der Waals surface area contributed by atoms with E-state index < -0.39 is 24.2 Å². The molecular weight excluding hydrogens is 336 g/mol. The van der Waals surface area contributed by atoms with Crippen molar-refractivity contribution < 1.29 is 35.8 Å². The Morgan fingerprint density at radius 3 is 2.18 bits per heavy atom. The number of nitrogens with zero attached hydrogens (tertiary/aromatic N) is 1. The predicted molar refractivity (Wildman–Crippen MR) is 68.8 cm³/mol. The smallest absolute Gasteiger partial charge is 0.402 e. The molecule has 1 saturated heterocycles. The van der Waals surface area contributed by atoms with Crippen LogP contribution in [0, 0.1) is 0 Å². The highest BCUT2D eigenvalue weighted by Crippen LogP contribution is 2.45. The number of halogens is 6. The summed E-state index contributed by atoms with van der Waals surface area (Å²) in [7, 11) is 0. The molecule has 1 aromatic rings. The van der Waals surface area contributed by atoms with Gasteiger partial charge in [0.05, 0.1) is 11.6 Å². The molecule has 0 N–H and O–H groups in total. The fourth-order valence-corrected chi connectivity index (χ4v) is 2.62. The number of hydrogen-bond acceptors (Lipinski definition) is 4. The van der Waals surface area contributed by atoms with Gasteiger partial charge in [-0.25, -0.2) is 0 Å². The maximum absolute atomic E-state index is 12.5. The molecule has 0 amide bonds. The first-order valence-corrected chi connectivity index (χ1v) is 6.74. The van der Waals surface area contributed by atoms with Crippen LogP contribution in [0.2, 0.25) is 0 Å². The Balaban J connectivity index is 2.43. The van der Waals surface area contributed by atoms with Crippen LogP contribution in [0.5, 0.6) is 11.5 Å². The Labute approximate surface area is 125 Å². The van der Waals surface area contributed by atoms with Gasteiger partial charge < -0.3 is 14.4 Å². The summed E-state index contributed by atoms with van der Waals surface area (Å²) in [5.41, 5.74) is -0.148. The molecule has 1 heterocycles. The summed E-state index contributed by atoms with van der Waals surface area (Å²) in [6.07, 6.45) is -10.3. The molecule has 1 aliphatic rings. The predicted octanol–water partition coefficient (Wildman–Crippen LogP) is 4.51. The van der Waals surface area contributed by atoms with Crippen LogP contribution in [-0.2, 0) is 0 Å². The highest BCUT2D eigenvalue weighted by Gasteiger charge is 2.38. The number of thioether (sulfide) groups is 1. The van der Waals surface area contributed by atoms with Crippen molar-refractivity contribution in [3.05, 3.63) is 29.7 Å². The first-order valence-electron chi connectivity index (χ1n) is 5.75. The lowest BCUT2D eigenvalue weighted by Gasteiger charge is -2.23. The fraction of sp³-hybridized carbons (Fsp3) is 0.333. The summed E-state index contributed by atoms with van der Waals surface area (Å²) >= 11 is 1.28. The summed E-state index contributed by atoms with van der Waals surface area (Å²) < 4.78 is 81.9. The normalized spacial score (nSPS) is 16.1. The van der Waals surface area contributed by atoms with Crippen LogP contribution >= 0.6 is 11.8 Å². The van der Waals surface area contributed by atoms with E-state index >= 15 is 0 Å². The molecule has 1 aliphatic heterocycles. The molecule has 22 heavy (non-hydrogen) atoms. The molecule has 10 heteroatoms. The van der Waals surface area contributed by atoms with Crippen LogP contribution in [-0.4, -0.2) is 25.1 Å². The van der Waals surface area contributed by atoms with Gasteiger partial charge in [-0.15, -0.1) is 38.1 Å². The first-order chi connectivity index (χ1) is 10.1. The largest absolute Gasteiger partial charge is 0.573 e. The first kappa shape index (κ1) is 16.7. The van der Waals surface area contributed by atoms with E-state index in [0.29, 0.717) is 4.91 Å². The summed E-state index contributed by atoms with van der Waals surface area (Å²) in [6.45, 7) is 3.87. The lowest BCUT2D eigenvalue weighted by atomic mass is 10.2. The van der Waals surface area contributed by atoms with E-state index in [9.17, 15) is 26.3 Å². The summed E-state index contributed by atoms with van der Waals surface area (Å²) in [4.78, 5) is 2.09. The second kappa shape index (κ2) is 5.82. The number of ether oxygens (including phenoxy) is 2. The highest BCUT2D eigenvalue weighted by molar-refractivity contribution is 8.03. The van der Waals surface area contributed by atoms with Crippen LogP contribution in [0.1, 0.15) is 0 Å². The Kier molecular flexibility index (Phi) is 4.41. The quantitative estimate of drug-likeness (QED) is 0.752. The number of alkyl halides is 6. The molecule has 2 rings (SSSR count). The molecule has 0 atom stereocenters. The Hall–Kier alpha value is -1.71. The van der Waals surface area contributed by atoms with E-state index in [1.807, 2.05) is 0 Å². The molecule has 0 aromatic heterocycles. The minimum absolute atomic E-state index is 0.148. The van der Waals surface area contributed by atoms with Gasteiger partial charge in [0, 0.05) is 6.54 Å². The minimum atomic E-state index is -5.15. The van der Waals surface area contributed by atoms with E-state index in [1.165, 1.54) is 22.7 Å². The van der Waals surface area contributed by atoms with Crippen LogP contribution < -0.4 is 14.4 Å². The number of anilines is 1. The Bertz CT molecular complexity index is 572. The monoisotopic (exact) mass is 345 g/mol. The summed E-state index contributed by atoms with van der Waals surface area (Å²) in [5.74, 6) is -1.82. The van der Waals surface area contributed by atoms with Crippen molar-refractivity contribution in [3.8, 4) is 11.5 Å². The molecule has 0 spiro atoms. The zero-order chi connectivity index (χ0) is 16.5. The number of hydrogen-bond donors (Lipinski definition) is 0. The molecule has 1 fully saturated rings. The zero-order valence-electron chi connectivity index (χ0n) is 10.8. The summed E-state index contributed by atoms with van der Waals surface area (Å²) in [6, 6.07) is 3.14. The third kappa shape index (κ3) is 4.39. The maximum Gasteiger partial charge on any atom is 0.573 e. The van der Waals surface area contributed by atoms with E-state index in [0.717, 1.165) is 12.1 Å². The van der Waals surface area contributed by atoms with Gasteiger partial charge >= 0.3 is 12.7 Å². The van der Waals surface area contributed by atoms with Gasteiger partial charge in [0.1, 0.15) is 0 Å². The molecule has 0 aliphatic carbocycles.